The molecule has 0 radical (unpaired) electrons. The summed E-state index contributed by atoms with van der Waals surface area (Å²) < 4.78 is 4.15. The van der Waals surface area contributed by atoms with Crippen molar-refractivity contribution in [1.82, 2.24) is 34.3 Å². The van der Waals surface area contributed by atoms with Crippen molar-refractivity contribution in [2.45, 2.75) is 18.4 Å². The van der Waals surface area contributed by atoms with Crippen molar-refractivity contribution in [2.24, 2.45) is 0 Å². The number of aromatic nitrogens is 4. The summed E-state index contributed by atoms with van der Waals surface area (Å²) >= 11 is 1.61. The number of aromatic amines is 1. The first kappa shape index (κ1) is 20.5. The molecular weight excluding hydrogens is 426 g/mol. The summed E-state index contributed by atoms with van der Waals surface area (Å²) in [5.41, 5.74) is 1.78. The third-order valence-electron chi connectivity index (χ3n) is 5.23. The van der Waals surface area contributed by atoms with Gasteiger partial charge in [-0.25, -0.2) is 9.78 Å². The first-order chi connectivity index (χ1) is 15.6. The number of benzene rings is 1. The molecule has 0 bridgehead atoms. The van der Waals surface area contributed by atoms with Gasteiger partial charge < -0.3 is 25.2 Å². The monoisotopic (exact) mass is 451 g/mol. The van der Waals surface area contributed by atoms with E-state index in [1.807, 2.05) is 59.1 Å². The quantitative estimate of drug-likeness (QED) is 0.442. The molecule has 2 aliphatic rings. The van der Waals surface area contributed by atoms with E-state index in [2.05, 4.69) is 35.4 Å². The molecule has 4 heterocycles. The van der Waals surface area contributed by atoms with Gasteiger partial charge in [0.25, 0.3) is 0 Å². The number of H-pyrrole nitrogens is 1. The second-order valence-electron chi connectivity index (χ2n) is 7.65. The van der Waals surface area contributed by atoms with Crippen molar-refractivity contribution in [3.05, 3.63) is 60.4 Å². The van der Waals surface area contributed by atoms with E-state index in [9.17, 15) is 4.79 Å². The van der Waals surface area contributed by atoms with Gasteiger partial charge in [-0.05, 0) is 43.1 Å². The molecule has 1 aromatic carbocycles. The number of anilines is 2. The van der Waals surface area contributed by atoms with Gasteiger partial charge in [0, 0.05) is 60.9 Å². The van der Waals surface area contributed by atoms with Crippen LogP contribution in [-0.4, -0.2) is 61.2 Å². The number of imidazole rings is 1. The lowest BCUT2D eigenvalue weighted by molar-refractivity contribution is 0.204. The topological polar surface area (TPSA) is 106 Å². The molecule has 2 aliphatic heterocycles. The van der Waals surface area contributed by atoms with E-state index in [-0.39, 0.29) is 6.03 Å². The first-order valence-corrected chi connectivity index (χ1v) is 11.3. The van der Waals surface area contributed by atoms with Gasteiger partial charge in [-0.15, -0.1) is 0 Å². The Morgan fingerprint density at radius 2 is 2.00 bits per heavy atom. The van der Waals surface area contributed by atoms with E-state index in [0.29, 0.717) is 6.54 Å². The summed E-state index contributed by atoms with van der Waals surface area (Å²) in [6, 6.07) is 9.79. The molecule has 2 amide bonds. The van der Waals surface area contributed by atoms with Gasteiger partial charge in [0.15, 0.2) is 5.82 Å². The van der Waals surface area contributed by atoms with E-state index < -0.39 is 0 Å². The summed E-state index contributed by atoms with van der Waals surface area (Å²) in [6.07, 6.45) is 5.78. The van der Waals surface area contributed by atoms with Crippen LogP contribution >= 0.6 is 11.9 Å². The van der Waals surface area contributed by atoms with Gasteiger partial charge in [-0.2, -0.15) is 5.10 Å². The number of carbonyl (C=O) groups excluding carboxylic acids is 1. The lowest BCUT2D eigenvalue weighted by Gasteiger charge is -2.27. The van der Waals surface area contributed by atoms with Gasteiger partial charge in [-0.1, -0.05) is 0 Å². The Morgan fingerprint density at radius 3 is 2.75 bits per heavy atom. The molecule has 1 fully saturated rings. The normalized spacial score (nSPS) is 15.8. The van der Waals surface area contributed by atoms with E-state index >= 15 is 0 Å². The number of carbonyl (C=O) groups is 1. The number of nitrogens with one attached hydrogen (secondary N) is 4. The fourth-order valence-corrected chi connectivity index (χ4v) is 4.48. The van der Waals surface area contributed by atoms with Crippen LogP contribution in [0.1, 0.15) is 11.5 Å². The molecule has 1 saturated heterocycles. The Bertz CT molecular complexity index is 1110. The maximum atomic E-state index is 12.4. The fourth-order valence-electron chi connectivity index (χ4n) is 3.62. The smallest absolute Gasteiger partial charge is 0.321 e. The van der Waals surface area contributed by atoms with Crippen molar-refractivity contribution >= 4 is 35.3 Å². The maximum Gasteiger partial charge on any atom is 0.321 e. The van der Waals surface area contributed by atoms with Crippen molar-refractivity contribution in [3.8, 4) is 0 Å². The summed E-state index contributed by atoms with van der Waals surface area (Å²) in [5.74, 6) is 2.57. The van der Waals surface area contributed by atoms with Crippen LogP contribution in [0.15, 0.2) is 53.8 Å². The molecule has 2 aromatic heterocycles. The van der Waals surface area contributed by atoms with Crippen LogP contribution in [0.3, 0.4) is 0 Å². The van der Waals surface area contributed by atoms with Gasteiger partial charge in [-0.3, -0.25) is 9.67 Å². The Morgan fingerprint density at radius 1 is 1.19 bits per heavy atom. The lowest BCUT2D eigenvalue weighted by Crippen LogP contribution is -2.48. The van der Waals surface area contributed by atoms with E-state index in [1.54, 1.807) is 18.1 Å². The molecule has 0 atom stereocenters. The van der Waals surface area contributed by atoms with Gasteiger partial charge >= 0.3 is 6.03 Å². The predicted molar refractivity (Wildman–Crippen MR) is 125 cm³/mol. The zero-order valence-corrected chi connectivity index (χ0v) is 18.5. The molecular formula is C21H25N9OS. The SMILES string of the molecule is Cc1cc(NC2=CN(Sc3ccc(NC(=O)N4CCNCC4)cc3)Cc3nccn32)n[nH]1. The zero-order valence-electron chi connectivity index (χ0n) is 17.7. The molecule has 4 N–H and O–H groups in total. The van der Waals surface area contributed by atoms with Crippen LogP contribution in [0.5, 0.6) is 0 Å². The van der Waals surface area contributed by atoms with Crippen LogP contribution in [0, 0.1) is 6.92 Å². The summed E-state index contributed by atoms with van der Waals surface area (Å²) in [5, 5.41) is 16.8. The van der Waals surface area contributed by atoms with E-state index in [4.69, 9.17) is 0 Å². The number of urea groups is 1. The number of rotatable bonds is 5. The van der Waals surface area contributed by atoms with Crippen molar-refractivity contribution in [2.75, 3.05) is 36.8 Å². The van der Waals surface area contributed by atoms with Crippen LogP contribution in [0.2, 0.25) is 0 Å². The first-order valence-electron chi connectivity index (χ1n) is 10.5. The largest absolute Gasteiger partial charge is 0.323 e. The molecule has 0 saturated carbocycles. The number of amides is 2. The lowest BCUT2D eigenvalue weighted by atomic mass is 10.3. The third kappa shape index (κ3) is 4.58. The standard InChI is InChI=1S/C21H25N9OS/c1-15-12-18(27-26-15)25-20-14-29(13-19-23-8-11-30(19)20)32-17-4-2-16(3-5-17)24-21(31)28-9-6-22-7-10-28/h2-5,8,11-12,14,22H,6-7,9-10,13H2,1H3,(H,24,31)(H2,25,26,27). The Labute approximate surface area is 190 Å². The minimum absolute atomic E-state index is 0.0537. The highest BCUT2D eigenvalue weighted by Gasteiger charge is 2.20. The highest BCUT2D eigenvalue weighted by atomic mass is 32.2. The predicted octanol–water partition coefficient (Wildman–Crippen LogP) is 2.74. The third-order valence-corrected chi connectivity index (χ3v) is 6.19. The molecule has 32 heavy (non-hydrogen) atoms. The van der Waals surface area contributed by atoms with Crippen LogP contribution < -0.4 is 16.0 Å². The number of nitrogens with zero attached hydrogens (tertiary/aromatic N) is 5. The van der Waals surface area contributed by atoms with E-state index in [0.717, 1.165) is 59.9 Å². The van der Waals surface area contributed by atoms with E-state index in [1.165, 1.54) is 0 Å². The van der Waals surface area contributed by atoms with Crippen LogP contribution in [0.4, 0.5) is 16.3 Å². The number of hydrogen-bond acceptors (Lipinski definition) is 7. The van der Waals surface area contributed by atoms with Crippen LogP contribution in [0.25, 0.3) is 5.82 Å². The van der Waals surface area contributed by atoms with Crippen LogP contribution in [-0.2, 0) is 6.54 Å². The summed E-state index contributed by atoms with van der Waals surface area (Å²) in [4.78, 5) is 19.8. The van der Waals surface area contributed by atoms with Crippen molar-refractivity contribution in [1.29, 1.82) is 0 Å². The minimum atomic E-state index is -0.0537. The average molecular weight is 452 g/mol. The fraction of sp³-hybridized carbons (Fsp3) is 0.286. The molecule has 5 rings (SSSR count). The van der Waals surface area contributed by atoms with Crippen molar-refractivity contribution in [3.63, 3.8) is 0 Å². The molecule has 0 spiro atoms. The Kier molecular flexibility index (Phi) is 5.73. The zero-order chi connectivity index (χ0) is 21.9. The van der Waals surface area contributed by atoms with Gasteiger partial charge in [0.1, 0.15) is 11.6 Å². The molecule has 0 unspecified atom stereocenters. The van der Waals surface area contributed by atoms with Gasteiger partial charge in [0.05, 0.1) is 12.7 Å². The average Bonchev–Trinajstić information content (AvgIpc) is 3.44. The maximum absolute atomic E-state index is 12.4. The number of hydrogen-bond donors (Lipinski definition) is 4. The number of aryl methyl sites for hydroxylation is 1. The summed E-state index contributed by atoms with van der Waals surface area (Å²) in [7, 11) is 0. The van der Waals surface area contributed by atoms with Gasteiger partial charge in [0.2, 0.25) is 0 Å². The number of piperazine rings is 1. The minimum Gasteiger partial charge on any atom is -0.323 e. The molecule has 11 heteroatoms. The summed E-state index contributed by atoms with van der Waals surface area (Å²) in [6.45, 7) is 5.76. The van der Waals surface area contributed by atoms with Crippen molar-refractivity contribution < 1.29 is 4.79 Å². The Balaban J connectivity index is 1.25. The highest BCUT2D eigenvalue weighted by molar-refractivity contribution is 7.97. The second-order valence-corrected chi connectivity index (χ2v) is 8.77. The molecule has 0 aliphatic carbocycles. The Hall–Kier alpha value is -3.44. The molecule has 10 nitrogen and oxygen atoms in total. The highest BCUT2D eigenvalue weighted by Crippen LogP contribution is 2.30. The molecule has 3 aromatic rings. The number of fused-ring (bicyclic) bond motifs is 1. The second kappa shape index (κ2) is 8.97. The molecule has 166 valence electrons.